The maximum atomic E-state index is 12.0. The number of fused-ring (bicyclic) bond motifs is 9. The maximum Gasteiger partial charge on any atom is 0.261 e. The van der Waals surface area contributed by atoms with Crippen LogP contribution in [0.25, 0.3) is 0 Å². The highest BCUT2D eigenvalue weighted by molar-refractivity contribution is 6.99. The van der Waals surface area contributed by atoms with Crippen LogP contribution >= 0.6 is 0 Å². The van der Waals surface area contributed by atoms with Gasteiger partial charge >= 0.3 is 0 Å². The molecule has 2 bridgehead atoms. The van der Waals surface area contributed by atoms with Crippen molar-refractivity contribution in [2.45, 2.75) is 82.7 Å². The van der Waals surface area contributed by atoms with Gasteiger partial charge in [0, 0.05) is 34.3 Å². The molecule has 0 spiro atoms. The second-order valence-electron chi connectivity index (χ2n) is 16.3. The van der Waals surface area contributed by atoms with Gasteiger partial charge in [-0.2, -0.15) is 5.26 Å². The number of benzene rings is 4. The van der Waals surface area contributed by atoms with Crippen LogP contribution in [0.5, 0.6) is 28.7 Å². The minimum atomic E-state index is -3.03. The molecule has 4 heterocycles. The zero-order chi connectivity index (χ0) is 38.8. The van der Waals surface area contributed by atoms with Crippen molar-refractivity contribution >= 4 is 18.7 Å². The minimum absolute atomic E-state index is 0.0926. The Morgan fingerprint density at radius 1 is 0.964 bits per heavy atom. The van der Waals surface area contributed by atoms with Crippen molar-refractivity contribution in [1.29, 1.82) is 5.26 Å². The van der Waals surface area contributed by atoms with E-state index in [-0.39, 0.29) is 42.3 Å². The lowest BCUT2D eigenvalue weighted by Gasteiger charge is -2.60. The highest BCUT2D eigenvalue weighted by Gasteiger charge is 2.58. The first-order valence-electron chi connectivity index (χ1n) is 19.2. The van der Waals surface area contributed by atoms with Crippen molar-refractivity contribution in [3.63, 3.8) is 0 Å². The summed E-state index contributed by atoms with van der Waals surface area (Å²) in [7, 11) is 0.661. The third kappa shape index (κ3) is 5.58. The maximum absolute atomic E-state index is 12.0. The second-order valence-corrected chi connectivity index (χ2v) is 20.6. The van der Waals surface area contributed by atoms with Crippen molar-refractivity contribution in [2.24, 2.45) is 0 Å². The van der Waals surface area contributed by atoms with Crippen LogP contribution in [0.3, 0.4) is 0 Å². The van der Waals surface area contributed by atoms with Gasteiger partial charge in [0.1, 0.15) is 18.4 Å². The molecule has 9 nitrogen and oxygen atoms in total. The lowest BCUT2D eigenvalue weighted by Crippen LogP contribution is -2.70. The molecule has 4 aliphatic rings. The molecule has 286 valence electrons. The van der Waals surface area contributed by atoms with Crippen LogP contribution in [0.2, 0.25) is 5.04 Å². The fourth-order valence-corrected chi connectivity index (χ4v) is 14.9. The number of likely N-dealkylation sites (N-methyl/N-ethyl adjacent to an activating group) is 1. The van der Waals surface area contributed by atoms with Gasteiger partial charge in [-0.25, -0.2) is 0 Å². The average Bonchev–Trinajstić information content (AvgIpc) is 3.66. The summed E-state index contributed by atoms with van der Waals surface area (Å²) in [6, 6.07) is 24.7. The van der Waals surface area contributed by atoms with E-state index in [9.17, 15) is 10.4 Å². The number of ether oxygens (including phenoxy) is 4. The van der Waals surface area contributed by atoms with Crippen LogP contribution in [-0.2, 0) is 17.3 Å². The first-order chi connectivity index (χ1) is 26.5. The Labute approximate surface area is 325 Å². The number of methoxy groups -OCH3 is 1. The zero-order valence-electron chi connectivity index (χ0n) is 32.9. The number of aryl methyl sites for hydroxylation is 1. The molecule has 0 aliphatic carbocycles. The van der Waals surface area contributed by atoms with Crippen molar-refractivity contribution < 1.29 is 28.5 Å². The Morgan fingerprint density at radius 3 is 2.22 bits per heavy atom. The Bertz CT molecular complexity index is 2120. The molecule has 4 aromatic carbocycles. The molecule has 0 radical (unpaired) electrons. The van der Waals surface area contributed by atoms with Gasteiger partial charge in [-0.3, -0.25) is 9.80 Å². The lowest BCUT2D eigenvalue weighted by molar-refractivity contribution is -0.0812. The van der Waals surface area contributed by atoms with Crippen LogP contribution < -0.4 is 29.3 Å². The number of aromatic hydroxyl groups is 1. The third-order valence-corrected chi connectivity index (χ3v) is 17.5. The summed E-state index contributed by atoms with van der Waals surface area (Å²) >= 11 is 0. The summed E-state index contributed by atoms with van der Waals surface area (Å²) < 4.78 is 32.7. The smallest absolute Gasteiger partial charge is 0.261 e. The van der Waals surface area contributed by atoms with Gasteiger partial charge < -0.3 is 28.5 Å². The van der Waals surface area contributed by atoms with E-state index in [1.54, 1.807) is 13.2 Å². The number of rotatable bonds is 9. The quantitative estimate of drug-likeness (QED) is 0.149. The Hall–Kier alpha value is -4.79. The number of hydrogen-bond donors (Lipinski definition) is 1. The van der Waals surface area contributed by atoms with E-state index in [1.165, 1.54) is 10.4 Å². The van der Waals surface area contributed by atoms with E-state index in [0.717, 1.165) is 39.1 Å². The average molecular weight is 758 g/mol. The molecule has 1 saturated heterocycles. The number of nitriles is 1. The Kier molecular flexibility index (Phi) is 9.49. The zero-order valence-corrected chi connectivity index (χ0v) is 33.9. The lowest BCUT2D eigenvalue weighted by atomic mass is 9.71. The summed E-state index contributed by atoms with van der Waals surface area (Å²) in [5, 5.41) is 25.3. The highest BCUT2D eigenvalue weighted by atomic mass is 28.4. The number of phenols is 1. The van der Waals surface area contributed by atoms with Gasteiger partial charge in [0.25, 0.3) is 8.32 Å². The number of phenolic OH excluding ortho intramolecular Hbond substituents is 1. The van der Waals surface area contributed by atoms with E-state index >= 15 is 0 Å². The minimum Gasteiger partial charge on any atom is -0.504 e. The molecule has 0 saturated carbocycles. The molecular weight excluding hydrogens is 707 g/mol. The van der Waals surface area contributed by atoms with Crippen LogP contribution in [0, 0.1) is 25.2 Å². The van der Waals surface area contributed by atoms with Crippen LogP contribution in [-0.4, -0.2) is 75.5 Å². The van der Waals surface area contributed by atoms with Crippen LogP contribution in [0.15, 0.2) is 79.4 Å². The van der Waals surface area contributed by atoms with E-state index in [1.807, 2.05) is 13.8 Å². The first-order valence-corrected chi connectivity index (χ1v) is 21.1. The van der Waals surface area contributed by atoms with Gasteiger partial charge in [-0.05, 0) is 60.3 Å². The molecule has 5 atom stereocenters. The highest BCUT2D eigenvalue weighted by Crippen LogP contribution is 2.58. The van der Waals surface area contributed by atoms with Gasteiger partial charge in [0.15, 0.2) is 23.0 Å². The van der Waals surface area contributed by atoms with Crippen molar-refractivity contribution in [1.82, 2.24) is 9.80 Å². The molecule has 1 fully saturated rings. The molecule has 1 N–H and O–H groups in total. The SMILES string of the molecule is C=CCOc1c(C)c2c(c3c1CC1[C@H]4c5c(cc(C)c(OC)c5O)C[C@@H]([C@H](C#N)N1[C@H]3CO[Si](c1ccccc1)(c1ccccc1)C(C)(C)C)N4C)OCO2. The third-order valence-electron chi connectivity index (χ3n) is 12.5. The van der Waals surface area contributed by atoms with Gasteiger partial charge in [-0.15, -0.1) is 0 Å². The van der Waals surface area contributed by atoms with Gasteiger partial charge in [0.05, 0.1) is 31.9 Å². The molecule has 4 aliphatic heterocycles. The van der Waals surface area contributed by atoms with Crippen LogP contribution in [0.4, 0.5) is 0 Å². The molecule has 8 rings (SSSR count). The van der Waals surface area contributed by atoms with E-state index in [4.69, 9.17) is 23.4 Å². The van der Waals surface area contributed by atoms with E-state index < -0.39 is 20.4 Å². The first kappa shape index (κ1) is 37.1. The van der Waals surface area contributed by atoms with Crippen molar-refractivity contribution in [2.75, 3.05) is 34.2 Å². The summed E-state index contributed by atoms with van der Waals surface area (Å²) in [6.07, 6.45) is 2.91. The molecule has 0 amide bonds. The number of piperazine rings is 1. The van der Waals surface area contributed by atoms with E-state index in [0.29, 0.717) is 36.7 Å². The fourth-order valence-electron chi connectivity index (χ4n) is 10.3. The fraction of sp³-hybridized carbons (Fsp3) is 0.400. The Morgan fingerprint density at radius 2 is 1.62 bits per heavy atom. The standard InChI is InChI=1S/C45H51N3O6Si/c1-9-20-51-42-28(3)43-44(53-26-52-43)38-32(42)23-34-39-37-29(21-27(2)41(50-8)40(37)49)22-33(47(39)7)35(24-46)48(34)36(38)25-54-55(45(4,5)6,30-16-12-10-13-17-30)31-18-14-11-15-19-31/h9-19,21,33-36,39,49H,1,20,22-23,25-26H2,2-8H3/t33-,34?,35-,36-,39-/m0/s1. The Balaban J connectivity index is 1.38. The predicted octanol–water partition coefficient (Wildman–Crippen LogP) is 6.66. The molecule has 1 unspecified atom stereocenters. The van der Waals surface area contributed by atoms with Gasteiger partial charge in [-0.1, -0.05) is 100 Å². The van der Waals surface area contributed by atoms with Crippen molar-refractivity contribution in [3.05, 3.63) is 113 Å². The second kappa shape index (κ2) is 14.1. The molecule has 55 heavy (non-hydrogen) atoms. The molecule has 4 aromatic rings. The topological polar surface area (TPSA) is 96.7 Å². The summed E-state index contributed by atoms with van der Waals surface area (Å²) in [6.45, 7) is 15.5. The number of nitrogens with zero attached hydrogens (tertiary/aromatic N) is 3. The van der Waals surface area contributed by atoms with Crippen molar-refractivity contribution in [3.8, 4) is 34.8 Å². The molecular formula is C45H51N3O6Si. The molecule has 0 aromatic heterocycles. The summed E-state index contributed by atoms with van der Waals surface area (Å²) in [4.78, 5) is 4.69. The largest absolute Gasteiger partial charge is 0.504 e. The summed E-state index contributed by atoms with van der Waals surface area (Å²) in [5.74, 6) is 2.75. The monoisotopic (exact) mass is 757 g/mol. The molecule has 10 heteroatoms. The van der Waals surface area contributed by atoms with E-state index in [2.05, 4.69) is 117 Å². The number of hydrogen-bond acceptors (Lipinski definition) is 9. The summed E-state index contributed by atoms with van der Waals surface area (Å²) in [5.41, 5.74) is 5.61. The van der Waals surface area contributed by atoms with Gasteiger partial charge in [0.2, 0.25) is 6.79 Å². The normalized spacial score (nSPS) is 22.9. The predicted molar refractivity (Wildman–Crippen MR) is 215 cm³/mol. The van der Waals surface area contributed by atoms with Crippen LogP contribution in [0.1, 0.15) is 66.2 Å².